The molecule has 1 aliphatic carbocycles. The van der Waals surface area contributed by atoms with Gasteiger partial charge >= 0.3 is 0 Å². The highest BCUT2D eigenvalue weighted by Crippen LogP contribution is 2.37. The van der Waals surface area contributed by atoms with Gasteiger partial charge < -0.3 is 5.32 Å². The van der Waals surface area contributed by atoms with Crippen LogP contribution in [0, 0.1) is 19.8 Å². The molecule has 1 aromatic rings. The Balaban J connectivity index is 1.70. The van der Waals surface area contributed by atoms with Crippen LogP contribution in [-0.4, -0.2) is 35.1 Å². The van der Waals surface area contributed by atoms with Crippen LogP contribution in [0.5, 0.6) is 0 Å². The van der Waals surface area contributed by atoms with Gasteiger partial charge in [0.25, 0.3) is 0 Å². The molecule has 0 amide bonds. The van der Waals surface area contributed by atoms with Gasteiger partial charge in [-0.3, -0.25) is 4.90 Å². The summed E-state index contributed by atoms with van der Waals surface area (Å²) in [5, 5.41) is 5.02. The number of thiazole rings is 1. The molecule has 0 radical (unpaired) electrons. The highest BCUT2D eigenvalue weighted by atomic mass is 32.1. The van der Waals surface area contributed by atoms with E-state index in [1.807, 2.05) is 11.3 Å². The fourth-order valence-corrected chi connectivity index (χ4v) is 4.04. The molecule has 2 atom stereocenters. The van der Waals surface area contributed by atoms with E-state index < -0.39 is 0 Å². The average molecular weight is 279 g/mol. The first-order chi connectivity index (χ1) is 9.17. The number of nitrogens with one attached hydrogen (secondary N) is 1. The molecule has 1 aliphatic heterocycles. The van der Waals surface area contributed by atoms with Crippen molar-refractivity contribution in [3.8, 4) is 0 Å². The second kappa shape index (κ2) is 5.51. The first kappa shape index (κ1) is 13.5. The first-order valence-corrected chi connectivity index (χ1v) is 8.39. The van der Waals surface area contributed by atoms with Gasteiger partial charge in [0, 0.05) is 30.1 Å². The molecule has 1 aromatic heterocycles. The molecule has 3 rings (SSSR count). The summed E-state index contributed by atoms with van der Waals surface area (Å²) in [5.74, 6) is 0.937. The summed E-state index contributed by atoms with van der Waals surface area (Å²) < 4.78 is 0. The fourth-order valence-electron chi connectivity index (χ4n) is 3.08. The molecule has 2 aliphatic rings. The predicted octanol–water partition coefficient (Wildman–Crippen LogP) is 2.72. The van der Waals surface area contributed by atoms with Gasteiger partial charge in [0.1, 0.15) is 5.01 Å². The van der Waals surface area contributed by atoms with Gasteiger partial charge in [-0.05, 0) is 39.0 Å². The minimum Gasteiger partial charge on any atom is -0.311 e. The standard InChI is InChI=1S/C15H25N3S/c1-4-13-8-18(14(7-16-13)12-5-6-12)9-15-17-10(2)11(3)19-15/h12-14,16H,4-9H2,1-3H3. The van der Waals surface area contributed by atoms with Crippen LogP contribution in [0.15, 0.2) is 0 Å². The summed E-state index contributed by atoms with van der Waals surface area (Å²) in [4.78, 5) is 8.80. The highest BCUT2D eigenvalue weighted by molar-refractivity contribution is 7.11. The molecular formula is C15H25N3S. The molecule has 2 unspecified atom stereocenters. The van der Waals surface area contributed by atoms with E-state index in [1.165, 1.54) is 47.9 Å². The number of nitrogens with zero attached hydrogens (tertiary/aromatic N) is 2. The lowest BCUT2D eigenvalue weighted by atomic mass is 10.0. The number of hydrogen-bond donors (Lipinski definition) is 1. The quantitative estimate of drug-likeness (QED) is 0.918. The van der Waals surface area contributed by atoms with Gasteiger partial charge in [-0.1, -0.05) is 6.92 Å². The second-order valence-electron chi connectivity index (χ2n) is 6.10. The van der Waals surface area contributed by atoms with E-state index in [0.717, 1.165) is 18.5 Å². The predicted molar refractivity (Wildman–Crippen MR) is 80.6 cm³/mol. The number of aryl methyl sites for hydroxylation is 2. The van der Waals surface area contributed by atoms with E-state index in [-0.39, 0.29) is 0 Å². The number of piperazine rings is 1. The SMILES string of the molecule is CCC1CN(Cc2nc(C)c(C)s2)C(C2CC2)CN1. The van der Waals surface area contributed by atoms with Crippen LogP contribution in [-0.2, 0) is 6.54 Å². The van der Waals surface area contributed by atoms with E-state index in [2.05, 4.69) is 31.0 Å². The van der Waals surface area contributed by atoms with Crippen molar-refractivity contribution >= 4 is 11.3 Å². The average Bonchev–Trinajstić information content (AvgIpc) is 3.18. The number of rotatable bonds is 4. The summed E-state index contributed by atoms with van der Waals surface area (Å²) in [7, 11) is 0. The van der Waals surface area contributed by atoms with Crippen LogP contribution in [0.1, 0.15) is 41.8 Å². The van der Waals surface area contributed by atoms with Crippen LogP contribution in [0.3, 0.4) is 0 Å². The van der Waals surface area contributed by atoms with Gasteiger partial charge in [-0.2, -0.15) is 0 Å². The maximum absolute atomic E-state index is 4.73. The Morgan fingerprint density at radius 1 is 1.37 bits per heavy atom. The van der Waals surface area contributed by atoms with Gasteiger partial charge in [-0.15, -0.1) is 11.3 Å². The lowest BCUT2D eigenvalue weighted by Crippen LogP contribution is -2.56. The molecule has 0 spiro atoms. The van der Waals surface area contributed by atoms with Crippen LogP contribution < -0.4 is 5.32 Å². The van der Waals surface area contributed by atoms with Crippen molar-refractivity contribution in [1.82, 2.24) is 15.2 Å². The van der Waals surface area contributed by atoms with Crippen LogP contribution in [0.2, 0.25) is 0 Å². The zero-order chi connectivity index (χ0) is 13.4. The van der Waals surface area contributed by atoms with Gasteiger partial charge in [0.05, 0.1) is 12.2 Å². The Morgan fingerprint density at radius 3 is 2.74 bits per heavy atom. The van der Waals surface area contributed by atoms with Gasteiger partial charge in [0.2, 0.25) is 0 Å². The molecule has 106 valence electrons. The molecule has 4 heteroatoms. The smallest absolute Gasteiger partial charge is 0.107 e. The van der Waals surface area contributed by atoms with E-state index in [9.17, 15) is 0 Å². The van der Waals surface area contributed by atoms with Crippen molar-refractivity contribution in [3.05, 3.63) is 15.6 Å². The Bertz CT molecular complexity index is 419. The van der Waals surface area contributed by atoms with Crippen molar-refractivity contribution < 1.29 is 0 Å². The zero-order valence-electron chi connectivity index (χ0n) is 12.3. The van der Waals surface area contributed by atoms with E-state index >= 15 is 0 Å². The Kier molecular flexibility index (Phi) is 3.92. The van der Waals surface area contributed by atoms with Crippen molar-refractivity contribution in [2.24, 2.45) is 5.92 Å². The Hall–Kier alpha value is -0.450. The fraction of sp³-hybridized carbons (Fsp3) is 0.800. The lowest BCUT2D eigenvalue weighted by molar-refractivity contribution is 0.106. The summed E-state index contributed by atoms with van der Waals surface area (Å²) in [6.45, 7) is 10.0. The molecule has 3 nitrogen and oxygen atoms in total. The van der Waals surface area contributed by atoms with E-state index in [0.29, 0.717) is 6.04 Å². The topological polar surface area (TPSA) is 28.2 Å². The summed E-state index contributed by atoms with van der Waals surface area (Å²) in [6.07, 6.45) is 4.08. The lowest BCUT2D eigenvalue weighted by Gasteiger charge is -2.40. The minimum absolute atomic E-state index is 0.664. The third-order valence-corrected chi connectivity index (χ3v) is 5.67. The summed E-state index contributed by atoms with van der Waals surface area (Å²) in [6, 6.07) is 1.41. The third kappa shape index (κ3) is 3.01. The normalized spacial score (nSPS) is 28.8. The molecule has 2 fully saturated rings. The molecule has 2 heterocycles. The van der Waals surface area contributed by atoms with Gasteiger partial charge in [-0.25, -0.2) is 4.98 Å². The molecule has 1 saturated carbocycles. The van der Waals surface area contributed by atoms with Crippen molar-refractivity contribution in [2.45, 2.75) is 58.7 Å². The minimum atomic E-state index is 0.664. The first-order valence-electron chi connectivity index (χ1n) is 7.57. The molecule has 19 heavy (non-hydrogen) atoms. The summed E-state index contributed by atoms with van der Waals surface area (Å²) >= 11 is 1.88. The Labute approximate surface area is 120 Å². The number of hydrogen-bond acceptors (Lipinski definition) is 4. The maximum atomic E-state index is 4.73. The zero-order valence-corrected chi connectivity index (χ0v) is 13.1. The monoisotopic (exact) mass is 279 g/mol. The molecular weight excluding hydrogens is 254 g/mol. The Morgan fingerprint density at radius 2 is 2.16 bits per heavy atom. The third-order valence-electron chi connectivity index (χ3n) is 4.61. The second-order valence-corrected chi connectivity index (χ2v) is 7.38. The van der Waals surface area contributed by atoms with Crippen LogP contribution in [0.4, 0.5) is 0 Å². The van der Waals surface area contributed by atoms with Crippen molar-refractivity contribution in [3.63, 3.8) is 0 Å². The maximum Gasteiger partial charge on any atom is 0.107 e. The van der Waals surface area contributed by atoms with E-state index in [4.69, 9.17) is 4.98 Å². The molecule has 0 aromatic carbocycles. The molecule has 1 N–H and O–H groups in total. The van der Waals surface area contributed by atoms with E-state index in [1.54, 1.807) is 0 Å². The van der Waals surface area contributed by atoms with Gasteiger partial charge in [0.15, 0.2) is 0 Å². The van der Waals surface area contributed by atoms with Crippen LogP contribution in [0.25, 0.3) is 0 Å². The summed E-state index contributed by atoms with van der Waals surface area (Å²) in [5.41, 5.74) is 1.21. The highest BCUT2D eigenvalue weighted by Gasteiger charge is 2.38. The molecule has 0 bridgehead atoms. The van der Waals surface area contributed by atoms with Crippen molar-refractivity contribution in [1.29, 1.82) is 0 Å². The van der Waals surface area contributed by atoms with Crippen LogP contribution >= 0.6 is 11.3 Å². The molecule has 1 saturated heterocycles. The van der Waals surface area contributed by atoms with Crippen molar-refractivity contribution in [2.75, 3.05) is 13.1 Å². The number of aromatic nitrogens is 1. The largest absolute Gasteiger partial charge is 0.311 e.